The third-order valence-corrected chi connectivity index (χ3v) is 3.85. The van der Waals surface area contributed by atoms with Crippen LogP contribution < -0.4 is 0 Å². The summed E-state index contributed by atoms with van der Waals surface area (Å²) >= 11 is 0. The van der Waals surface area contributed by atoms with E-state index >= 15 is 0 Å². The molecule has 94 valence electrons. The van der Waals surface area contributed by atoms with Gasteiger partial charge in [-0.05, 0) is 55.2 Å². The van der Waals surface area contributed by atoms with Crippen LogP contribution in [-0.2, 0) is 4.74 Å². The topological polar surface area (TPSA) is 9.23 Å². The van der Waals surface area contributed by atoms with Crippen molar-refractivity contribution in [3.05, 3.63) is 35.1 Å². The summed E-state index contributed by atoms with van der Waals surface area (Å²) in [6, 6.07) is 5.59. The van der Waals surface area contributed by atoms with Crippen LogP contribution in [-0.4, -0.2) is 13.2 Å². The van der Waals surface area contributed by atoms with Crippen molar-refractivity contribution in [3.63, 3.8) is 0 Å². The van der Waals surface area contributed by atoms with Gasteiger partial charge in [0.1, 0.15) is 5.82 Å². The predicted octanol–water partition coefficient (Wildman–Crippen LogP) is 4.05. The predicted molar refractivity (Wildman–Crippen MR) is 67.7 cm³/mol. The standard InChI is InChI=1S/C15H21FO/c1-11-5-6-14(15(16)10-11)12(2)13-4-3-8-17-9-7-13/h5-6,10,12-13H,3-4,7-9H2,1-2H3. The molecule has 1 aliphatic heterocycles. The summed E-state index contributed by atoms with van der Waals surface area (Å²) in [5.74, 6) is 0.787. The maximum Gasteiger partial charge on any atom is 0.126 e. The average Bonchev–Trinajstić information content (AvgIpc) is 2.56. The van der Waals surface area contributed by atoms with Gasteiger partial charge in [0, 0.05) is 13.2 Å². The van der Waals surface area contributed by atoms with Gasteiger partial charge in [-0.15, -0.1) is 0 Å². The van der Waals surface area contributed by atoms with Crippen molar-refractivity contribution in [1.29, 1.82) is 0 Å². The SMILES string of the molecule is Cc1ccc(C(C)C2CCCOCC2)c(F)c1. The molecule has 0 aliphatic carbocycles. The second kappa shape index (κ2) is 5.63. The Bertz CT molecular complexity index is 367. The molecule has 1 saturated heterocycles. The van der Waals surface area contributed by atoms with E-state index in [2.05, 4.69) is 6.92 Å². The minimum Gasteiger partial charge on any atom is -0.381 e. The van der Waals surface area contributed by atoms with E-state index in [1.54, 1.807) is 6.07 Å². The molecule has 1 fully saturated rings. The Hall–Kier alpha value is -0.890. The smallest absolute Gasteiger partial charge is 0.126 e. The highest BCUT2D eigenvalue weighted by atomic mass is 19.1. The van der Waals surface area contributed by atoms with Crippen LogP contribution in [0.5, 0.6) is 0 Å². The molecule has 0 N–H and O–H groups in total. The molecule has 0 spiro atoms. The van der Waals surface area contributed by atoms with E-state index in [1.807, 2.05) is 19.1 Å². The summed E-state index contributed by atoms with van der Waals surface area (Å²) in [5, 5.41) is 0. The molecular formula is C15H21FO. The number of halogens is 1. The molecule has 1 aromatic carbocycles. The lowest BCUT2D eigenvalue weighted by molar-refractivity contribution is 0.140. The Balaban J connectivity index is 2.14. The number of ether oxygens (including phenoxy) is 1. The van der Waals surface area contributed by atoms with Crippen molar-refractivity contribution < 1.29 is 9.13 Å². The zero-order valence-electron chi connectivity index (χ0n) is 10.7. The third kappa shape index (κ3) is 3.06. The lowest BCUT2D eigenvalue weighted by Crippen LogP contribution is -2.12. The second-order valence-electron chi connectivity index (χ2n) is 5.12. The maximum atomic E-state index is 13.9. The van der Waals surface area contributed by atoms with Gasteiger partial charge in [-0.2, -0.15) is 0 Å². The lowest BCUT2D eigenvalue weighted by Gasteiger charge is -2.23. The largest absolute Gasteiger partial charge is 0.381 e. The van der Waals surface area contributed by atoms with Crippen LogP contribution in [0.1, 0.15) is 43.2 Å². The van der Waals surface area contributed by atoms with Crippen LogP contribution in [0.4, 0.5) is 4.39 Å². The molecule has 2 rings (SSSR count). The van der Waals surface area contributed by atoms with Gasteiger partial charge in [0.05, 0.1) is 0 Å². The third-order valence-electron chi connectivity index (χ3n) is 3.85. The highest BCUT2D eigenvalue weighted by Gasteiger charge is 2.22. The van der Waals surface area contributed by atoms with E-state index < -0.39 is 0 Å². The van der Waals surface area contributed by atoms with Crippen LogP contribution in [0, 0.1) is 18.7 Å². The molecule has 1 aromatic rings. The zero-order chi connectivity index (χ0) is 12.3. The molecule has 17 heavy (non-hydrogen) atoms. The fourth-order valence-corrected chi connectivity index (χ4v) is 2.68. The van der Waals surface area contributed by atoms with Crippen LogP contribution in [0.15, 0.2) is 18.2 Å². The van der Waals surface area contributed by atoms with E-state index in [9.17, 15) is 4.39 Å². The van der Waals surface area contributed by atoms with Crippen molar-refractivity contribution in [2.24, 2.45) is 5.92 Å². The Kier molecular flexibility index (Phi) is 4.16. The molecular weight excluding hydrogens is 215 g/mol. The molecule has 2 atom stereocenters. The van der Waals surface area contributed by atoms with Crippen LogP contribution in [0.2, 0.25) is 0 Å². The Morgan fingerprint density at radius 2 is 2.12 bits per heavy atom. The fourth-order valence-electron chi connectivity index (χ4n) is 2.68. The van der Waals surface area contributed by atoms with Crippen LogP contribution in [0.25, 0.3) is 0 Å². The fraction of sp³-hybridized carbons (Fsp3) is 0.600. The number of benzene rings is 1. The van der Waals surface area contributed by atoms with Gasteiger partial charge < -0.3 is 4.74 Å². The van der Waals surface area contributed by atoms with E-state index in [1.165, 1.54) is 0 Å². The first-order valence-corrected chi connectivity index (χ1v) is 6.52. The molecule has 0 amide bonds. The zero-order valence-corrected chi connectivity index (χ0v) is 10.7. The normalized spacial score (nSPS) is 23.1. The molecule has 1 heterocycles. The maximum absolute atomic E-state index is 13.9. The summed E-state index contributed by atoms with van der Waals surface area (Å²) in [6.45, 7) is 5.75. The summed E-state index contributed by atoms with van der Waals surface area (Å²) < 4.78 is 19.4. The molecule has 2 heteroatoms. The van der Waals surface area contributed by atoms with Gasteiger partial charge in [-0.3, -0.25) is 0 Å². The highest BCUT2D eigenvalue weighted by molar-refractivity contribution is 5.26. The van der Waals surface area contributed by atoms with E-state index in [4.69, 9.17) is 4.74 Å². The van der Waals surface area contributed by atoms with Crippen molar-refractivity contribution in [2.75, 3.05) is 13.2 Å². The number of hydrogen-bond donors (Lipinski definition) is 0. The first-order valence-electron chi connectivity index (χ1n) is 6.52. The Morgan fingerprint density at radius 3 is 2.88 bits per heavy atom. The number of hydrogen-bond acceptors (Lipinski definition) is 1. The summed E-state index contributed by atoms with van der Waals surface area (Å²) in [6.07, 6.45) is 3.30. The molecule has 0 radical (unpaired) electrons. The Morgan fingerprint density at radius 1 is 1.29 bits per heavy atom. The van der Waals surface area contributed by atoms with Crippen molar-refractivity contribution in [1.82, 2.24) is 0 Å². The van der Waals surface area contributed by atoms with Crippen molar-refractivity contribution in [2.45, 2.75) is 39.0 Å². The second-order valence-corrected chi connectivity index (χ2v) is 5.12. The van der Waals surface area contributed by atoms with Crippen molar-refractivity contribution in [3.8, 4) is 0 Å². The monoisotopic (exact) mass is 236 g/mol. The molecule has 0 bridgehead atoms. The molecule has 1 nitrogen and oxygen atoms in total. The van der Waals surface area contributed by atoms with Crippen LogP contribution in [0.3, 0.4) is 0 Å². The molecule has 0 aromatic heterocycles. The first kappa shape index (κ1) is 12.6. The minimum atomic E-state index is -0.0531. The Labute approximate surface area is 103 Å². The molecule has 2 unspecified atom stereocenters. The van der Waals surface area contributed by atoms with E-state index in [0.717, 1.165) is 43.6 Å². The summed E-state index contributed by atoms with van der Waals surface area (Å²) in [4.78, 5) is 0. The summed E-state index contributed by atoms with van der Waals surface area (Å²) in [7, 11) is 0. The quantitative estimate of drug-likeness (QED) is 0.752. The van der Waals surface area contributed by atoms with Crippen LogP contribution >= 0.6 is 0 Å². The minimum absolute atomic E-state index is 0.0531. The van der Waals surface area contributed by atoms with Gasteiger partial charge in [-0.1, -0.05) is 19.1 Å². The van der Waals surface area contributed by atoms with Gasteiger partial charge in [-0.25, -0.2) is 4.39 Å². The van der Waals surface area contributed by atoms with Crippen molar-refractivity contribution >= 4 is 0 Å². The van der Waals surface area contributed by atoms with E-state index in [-0.39, 0.29) is 11.7 Å². The van der Waals surface area contributed by atoms with Gasteiger partial charge in [0.25, 0.3) is 0 Å². The first-order chi connectivity index (χ1) is 8.18. The summed E-state index contributed by atoms with van der Waals surface area (Å²) in [5.41, 5.74) is 1.85. The highest BCUT2D eigenvalue weighted by Crippen LogP contribution is 2.33. The van der Waals surface area contributed by atoms with Gasteiger partial charge in [0.15, 0.2) is 0 Å². The lowest BCUT2D eigenvalue weighted by atomic mass is 9.82. The van der Waals surface area contributed by atoms with Gasteiger partial charge in [0.2, 0.25) is 0 Å². The number of aryl methyl sites for hydroxylation is 1. The average molecular weight is 236 g/mol. The molecule has 0 saturated carbocycles. The van der Waals surface area contributed by atoms with E-state index in [0.29, 0.717) is 5.92 Å². The number of rotatable bonds is 2. The van der Waals surface area contributed by atoms with Gasteiger partial charge >= 0.3 is 0 Å². The molecule has 1 aliphatic rings.